The van der Waals surface area contributed by atoms with Crippen LogP contribution in [-0.2, 0) is 11.2 Å². The van der Waals surface area contributed by atoms with Crippen LogP contribution in [0.5, 0.6) is 0 Å². The molecule has 1 aromatic heterocycles. The maximum Gasteiger partial charge on any atom is 0.315 e. The van der Waals surface area contributed by atoms with E-state index in [-0.39, 0.29) is 12.1 Å². The maximum absolute atomic E-state index is 11.7. The van der Waals surface area contributed by atoms with Gasteiger partial charge in [-0.3, -0.25) is 0 Å². The summed E-state index contributed by atoms with van der Waals surface area (Å²) in [7, 11) is 0. The molecule has 2 rings (SSSR count). The third-order valence-electron chi connectivity index (χ3n) is 3.09. The zero-order valence-corrected chi connectivity index (χ0v) is 10.7. The Balaban J connectivity index is 1.78. The number of hydrogen-bond acceptors (Lipinski definition) is 3. The molecular formula is C13H20N2O3. The van der Waals surface area contributed by atoms with Crippen molar-refractivity contribution in [2.24, 2.45) is 0 Å². The molecule has 1 aliphatic rings. The van der Waals surface area contributed by atoms with Gasteiger partial charge in [-0.1, -0.05) is 0 Å². The van der Waals surface area contributed by atoms with Crippen LogP contribution >= 0.6 is 0 Å². The Hall–Kier alpha value is -1.49. The molecule has 0 bridgehead atoms. The highest BCUT2D eigenvalue weighted by Crippen LogP contribution is 2.30. The Morgan fingerprint density at radius 2 is 2.50 bits per heavy atom. The number of urea groups is 1. The summed E-state index contributed by atoms with van der Waals surface area (Å²) in [6, 6.07) is 1.87. The number of amides is 2. The molecule has 1 aliphatic carbocycles. The van der Waals surface area contributed by atoms with Crippen molar-refractivity contribution < 1.29 is 13.9 Å². The van der Waals surface area contributed by atoms with E-state index in [1.54, 1.807) is 6.26 Å². The highest BCUT2D eigenvalue weighted by Gasteiger charge is 2.23. The fourth-order valence-corrected chi connectivity index (χ4v) is 2.23. The van der Waals surface area contributed by atoms with E-state index >= 15 is 0 Å². The quantitative estimate of drug-likeness (QED) is 0.788. The summed E-state index contributed by atoms with van der Waals surface area (Å²) < 4.78 is 10.5. The lowest BCUT2D eigenvalue weighted by Crippen LogP contribution is -2.40. The zero-order valence-electron chi connectivity index (χ0n) is 10.7. The number of carbonyl (C=O) groups is 1. The van der Waals surface area contributed by atoms with E-state index in [0.29, 0.717) is 19.8 Å². The number of aryl methyl sites for hydroxylation is 1. The van der Waals surface area contributed by atoms with Gasteiger partial charge in [0, 0.05) is 25.1 Å². The molecular weight excluding hydrogens is 232 g/mol. The average Bonchev–Trinajstić information content (AvgIpc) is 2.84. The molecule has 0 aliphatic heterocycles. The van der Waals surface area contributed by atoms with Crippen LogP contribution in [0.15, 0.2) is 16.7 Å². The lowest BCUT2D eigenvalue weighted by atomic mass is 9.93. The molecule has 5 nitrogen and oxygen atoms in total. The predicted molar refractivity (Wildman–Crippen MR) is 67.4 cm³/mol. The van der Waals surface area contributed by atoms with Gasteiger partial charge in [0.25, 0.3) is 0 Å². The highest BCUT2D eigenvalue weighted by atomic mass is 16.5. The van der Waals surface area contributed by atoms with Crippen molar-refractivity contribution in [3.05, 3.63) is 23.7 Å². The van der Waals surface area contributed by atoms with Crippen LogP contribution in [-0.4, -0.2) is 25.8 Å². The van der Waals surface area contributed by atoms with Gasteiger partial charge in [-0.15, -0.1) is 0 Å². The number of fused-ring (bicyclic) bond motifs is 1. The molecule has 1 heterocycles. The fraction of sp³-hybridized carbons (Fsp3) is 0.615. The van der Waals surface area contributed by atoms with E-state index in [9.17, 15) is 4.79 Å². The second-order valence-electron chi connectivity index (χ2n) is 4.34. The van der Waals surface area contributed by atoms with E-state index in [1.807, 2.05) is 13.0 Å². The molecule has 5 heteroatoms. The average molecular weight is 252 g/mol. The fourth-order valence-electron chi connectivity index (χ4n) is 2.23. The van der Waals surface area contributed by atoms with Crippen LogP contribution in [0.25, 0.3) is 0 Å². The van der Waals surface area contributed by atoms with Gasteiger partial charge in [-0.2, -0.15) is 0 Å². The Kier molecular flexibility index (Phi) is 4.64. The number of carbonyl (C=O) groups excluding carboxylic acids is 1. The second kappa shape index (κ2) is 6.44. The summed E-state index contributed by atoms with van der Waals surface area (Å²) in [5.41, 5.74) is 1.11. The van der Waals surface area contributed by atoms with Gasteiger partial charge in [0.05, 0.1) is 18.9 Å². The number of rotatable bonds is 5. The minimum atomic E-state index is -0.145. The molecule has 1 aromatic rings. The van der Waals surface area contributed by atoms with Crippen molar-refractivity contribution in [2.45, 2.75) is 32.2 Å². The minimum absolute atomic E-state index is 0.0691. The van der Waals surface area contributed by atoms with Crippen LogP contribution < -0.4 is 10.6 Å². The minimum Gasteiger partial charge on any atom is -0.469 e. The summed E-state index contributed by atoms with van der Waals surface area (Å²) in [6.45, 7) is 3.68. The maximum atomic E-state index is 11.7. The molecule has 2 N–H and O–H groups in total. The molecule has 100 valence electrons. The first-order valence-electron chi connectivity index (χ1n) is 6.49. The normalized spacial score (nSPS) is 18.2. The molecule has 0 radical (unpaired) electrons. The monoisotopic (exact) mass is 252 g/mol. The van der Waals surface area contributed by atoms with Crippen LogP contribution in [0, 0.1) is 0 Å². The van der Waals surface area contributed by atoms with Crippen molar-refractivity contribution in [3.63, 3.8) is 0 Å². The van der Waals surface area contributed by atoms with E-state index in [4.69, 9.17) is 9.15 Å². The van der Waals surface area contributed by atoms with Crippen LogP contribution in [0.4, 0.5) is 4.79 Å². The van der Waals surface area contributed by atoms with Gasteiger partial charge in [0.2, 0.25) is 0 Å². The Labute approximate surface area is 107 Å². The van der Waals surface area contributed by atoms with Gasteiger partial charge in [0.15, 0.2) is 0 Å². The van der Waals surface area contributed by atoms with Crippen LogP contribution in [0.1, 0.15) is 37.1 Å². The molecule has 2 amide bonds. The first-order valence-corrected chi connectivity index (χ1v) is 6.49. The predicted octanol–water partition coefficient (Wildman–Crippen LogP) is 1.99. The van der Waals surface area contributed by atoms with Crippen LogP contribution in [0.3, 0.4) is 0 Å². The molecule has 1 unspecified atom stereocenters. The molecule has 0 fully saturated rings. The highest BCUT2D eigenvalue weighted by molar-refractivity contribution is 5.74. The largest absolute Gasteiger partial charge is 0.469 e. The second-order valence-corrected chi connectivity index (χ2v) is 4.34. The summed E-state index contributed by atoms with van der Waals surface area (Å²) >= 11 is 0. The van der Waals surface area contributed by atoms with Gasteiger partial charge in [-0.05, 0) is 25.8 Å². The Morgan fingerprint density at radius 1 is 1.61 bits per heavy atom. The summed E-state index contributed by atoms with van der Waals surface area (Å²) in [6.07, 6.45) is 4.67. The van der Waals surface area contributed by atoms with E-state index < -0.39 is 0 Å². The smallest absolute Gasteiger partial charge is 0.315 e. The van der Waals surface area contributed by atoms with Gasteiger partial charge in [-0.25, -0.2) is 4.79 Å². The SMILES string of the molecule is CCOCCNC(=O)NC1CCCc2occc21. The lowest BCUT2D eigenvalue weighted by molar-refractivity contribution is 0.149. The Bertz CT molecular complexity index is 389. The number of hydrogen-bond donors (Lipinski definition) is 2. The topological polar surface area (TPSA) is 63.5 Å². The van der Waals surface area contributed by atoms with Crippen LogP contribution in [0.2, 0.25) is 0 Å². The van der Waals surface area contributed by atoms with Crippen molar-refractivity contribution in [3.8, 4) is 0 Å². The number of nitrogens with one attached hydrogen (secondary N) is 2. The zero-order chi connectivity index (χ0) is 12.8. The third kappa shape index (κ3) is 3.26. The van der Waals surface area contributed by atoms with E-state index in [0.717, 1.165) is 30.6 Å². The Morgan fingerprint density at radius 3 is 3.33 bits per heavy atom. The summed E-state index contributed by atoms with van der Waals surface area (Å²) in [5, 5.41) is 5.75. The molecule has 18 heavy (non-hydrogen) atoms. The first kappa shape index (κ1) is 13.0. The standard InChI is InChI=1S/C13H20N2O3/c1-2-17-9-7-14-13(16)15-11-4-3-5-12-10(11)6-8-18-12/h6,8,11H,2-5,7,9H2,1H3,(H2,14,15,16). The van der Waals surface area contributed by atoms with Crippen molar-refractivity contribution in [1.29, 1.82) is 0 Å². The molecule has 0 spiro atoms. The van der Waals surface area contributed by atoms with Crippen molar-refractivity contribution in [2.75, 3.05) is 19.8 Å². The van der Waals surface area contributed by atoms with Gasteiger partial charge in [0.1, 0.15) is 5.76 Å². The van der Waals surface area contributed by atoms with Crippen molar-refractivity contribution >= 4 is 6.03 Å². The molecule has 1 atom stereocenters. The lowest BCUT2D eigenvalue weighted by Gasteiger charge is -2.22. The van der Waals surface area contributed by atoms with Crippen molar-refractivity contribution in [1.82, 2.24) is 10.6 Å². The van der Waals surface area contributed by atoms with E-state index in [2.05, 4.69) is 10.6 Å². The number of ether oxygens (including phenoxy) is 1. The first-order chi connectivity index (χ1) is 8.81. The van der Waals surface area contributed by atoms with Gasteiger partial charge >= 0.3 is 6.03 Å². The van der Waals surface area contributed by atoms with E-state index in [1.165, 1.54) is 0 Å². The molecule has 0 aromatic carbocycles. The summed E-state index contributed by atoms with van der Waals surface area (Å²) in [5.74, 6) is 1.00. The number of furan rings is 1. The third-order valence-corrected chi connectivity index (χ3v) is 3.09. The summed E-state index contributed by atoms with van der Waals surface area (Å²) in [4.78, 5) is 11.7. The van der Waals surface area contributed by atoms with Gasteiger partial charge < -0.3 is 19.8 Å². The molecule has 0 saturated heterocycles. The molecule has 0 saturated carbocycles.